The zero-order valence-corrected chi connectivity index (χ0v) is 16.6. The number of rotatable bonds is 11. The SMILES string of the molecule is CCCCCCCCCC(=O)Nc1ncnc2c1ncn2[C@H]1CC[C@@H](CO)O1. The molecule has 3 rings (SSSR count). The first-order valence-electron chi connectivity index (χ1n) is 10.5. The summed E-state index contributed by atoms with van der Waals surface area (Å²) >= 11 is 0. The van der Waals surface area contributed by atoms with E-state index in [1.807, 2.05) is 4.57 Å². The maximum absolute atomic E-state index is 12.3. The smallest absolute Gasteiger partial charge is 0.225 e. The van der Waals surface area contributed by atoms with Crippen LogP contribution in [0.25, 0.3) is 11.2 Å². The summed E-state index contributed by atoms with van der Waals surface area (Å²) in [4.78, 5) is 25.2. The Morgan fingerprint density at radius 2 is 1.96 bits per heavy atom. The molecule has 1 amide bonds. The van der Waals surface area contributed by atoms with Crippen molar-refractivity contribution in [2.24, 2.45) is 0 Å². The predicted molar refractivity (Wildman–Crippen MR) is 107 cm³/mol. The molecule has 0 spiro atoms. The Morgan fingerprint density at radius 3 is 2.71 bits per heavy atom. The van der Waals surface area contributed by atoms with Crippen molar-refractivity contribution in [2.45, 2.75) is 83.5 Å². The van der Waals surface area contributed by atoms with Gasteiger partial charge in [0.25, 0.3) is 0 Å². The molecule has 0 bridgehead atoms. The van der Waals surface area contributed by atoms with Crippen molar-refractivity contribution in [3.05, 3.63) is 12.7 Å². The lowest BCUT2D eigenvalue weighted by molar-refractivity contribution is -0.116. The van der Waals surface area contributed by atoms with Crippen molar-refractivity contribution in [1.29, 1.82) is 0 Å². The van der Waals surface area contributed by atoms with E-state index >= 15 is 0 Å². The molecule has 0 aliphatic carbocycles. The third-order valence-corrected chi connectivity index (χ3v) is 5.22. The van der Waals surface area contributed by atoms with Crippen molar-refractivity contribution >= 4 is 22.9 Å². The molecule has 2 aromatic rings. The van der Waals surface area contributed by atoms with Gasteiger partial charge >= 0.3 is 0 Å². The third kappa shape index (κ3) is 5.26. The second kappa shape index (κ2) is 10.5. The Kier molecular flexibility index (Phi) is 7.73. The number of anilines is 1. The van der Waals surface area contributed by atoms with Gasteiger partial charge in [0.1, 0.15) is 12.6 Å². The topological polar surface area (TPSA) is 102 Å². The van der Waals surface area contributed by atoms with Gasteiger partial charge in [-0.3, -0.25) is 9.36 Å². The van der Waals surface area contributed by atoms with Crippen molar-refractivity contribution < 1.29 is 14.6 Å². The second-order valence-corrected chi connectivity index (χ2v) is 7.44. The minimum absolute atomic E-state index is 0.0119. The number of nitrogens with one attached hydrogen (secondary N) is 1. The zero-order chi connectivity index (χ0) is 19.8. The highest BCUT2D eigenvalue weighted by atomic mass is 16.5. The molecule has 0 aromatic carbocycles. The summed E-state index contributed by atoms with van der Waals surface area (Å²) in [5, 5.41) is 12.1. The number of aliphatic hydroxyl groups excluding tert-OH is 1. The number of amides is 1. The molecule has 1 saturated heterocycles. The molecule has 2 atom stereocenters. The van der Waals surface area contributed by atoms with Gasteiger partial charge in [0, 0.05) is 6.42 Å². The summed E-state index contributed by atoms with van der Waals surface area (Å²) in [6.07, 6.45) is 13.1. The Morgan fingerprint density at radius 1 is 1.18 bits per heavy atom. The van der Waals surface area contributed by atoms with Gasteiger partial charge in [-0.25, -0.2) is 15.0 Å². The maximum atomic E-state index is 12.3. The van der Waals surface area contributed by atoms with Gasteiger partial charge in [-0.15, -0.1) is 0 Å². The molecule has 8 heteroatoms. The van der Waals surface area contributed by atoms with Gasteiger partial charge in [-0.05, 0) is 19.3 Å². The van der Waals surface area contributed by atoms with Crippen molar-refractivity contribution in [2.75, 3.05) is 11.9 Å². The molecule has 28 heavy (non-hydrogen) atoms. The third-order valence-electron chi connectivity index (χ3n) is 5.22. The highest BCUT2D eigenvalue weighted by Gasteiger charge is 2.27. The average molecular weight is 390 g/mol. The second-order valence-electron chi connectivity index (χ2n) is 7.44. The first-order chi connectivity index (χ1) is 13.7. The molecule has 0 unspecified atom stereocenters. The van der Waals surface area contributed by atoms with Crippen LogP contribution in [0.1, 0.15) is 77.4 Å². The highest BCUT2D eigenvalue weighted by molar-refractivity contribution is 5.96. The Hall–Kier alpha value is -2.06. The van der Waals surface area contributed by atoms with Crippen LogP contribution in [0.3, 0.4) is 0 Å². The molecule has 1 fully saturated rings. The minimum Gasteiger partial charge on any atom is -0.394 e. The standard InChI is InChI=1S/C20H31N5O3/c1-2-3-4-5-6-7-8-9-16(27)24-19-18-20(22-13-21-19)25(14-23-18)17-11-10-15(12-26)28-17/h13-15,17,26H,2-12H2,1H3,(H,21,22,24,27)/t15-,17+/m0/s1. The first-order valence-corrected chi connectivity index (χ1v) is 10.5. The number of imidazole rings is 1. The van der Waals surface area contributed by atoms with E-state index < -0.39 is 0 Å². The number of carbonyl (C=O) groups is 1. The van der Waals surface area contributed by atoms with Crippen LogP contribution in [0, 0.1) is 0 Å². The fraction of sp³-hybridized carbons (Fsp3) is 0.700. The summed E-state index contributed by atoms with van der Waals surface area (Å²) < 4.78 is 7.66. The van der Waals surface area contributed by atoms with Crippen LogP contribution in [0.4, 0.5) is 5.82 Å². The van der Waals surface area contributed by atoms with Crippen molar-refractivity contribution in [3.63, 3.8) is 0 Å². The number of hydrogen-bond acceptors (Lipinski definition) is 6. The number of unbranched alkanes of at least 4 members (excludes halogenated alkanes) is 6. The molecular formula is C20H31N5O3. The van der Waals surface area contributed by atoms with Crippen LogP contribution >= 0.6 is 0 Å². The number of aliphatic hydroxyl groups is 1. The summed E-state index contributed by atoms with van der Waals surface area (Å²) in [5.41, 5.74) is 1.19. The fourth-order valence-electron chi connectivity index (χ4n) is 3.62. The summed E-state index contributed by atoms with van der Waals surface area (Å²) in [6.45, 7) is 2.22. The molecule has 2 aromatic heterocycles. The van der Waals surface area contributed by atoms with Gasteiger partial charge in [-0.1, -0.05) is 45.4 Å². The molecule has 0 radical (unpaired) electrons. The monoisotopic (exact) mass is 389 g/mol. The Bertz CT molecular complexity index is 763. The van der Waals surface area contributed by atoms with Crippen LogP contribution in [-0.2, 0) is 9.53 Å². The van der Waals surface area contributed by atoms with Crippen LogP contribution in [0.15, 0.2) is 12.7 Å². The maximum Gasteiger partial charge on any atom is 0.225 e. The average Bonchev–Trinajstić information content (AvgIpc) is 3.34. The first kappa shape index (κ1) is 20.7. The van der Waals surface area contributed by atoms with Crippen LogP contribution in [0.5, 0.6) is 0 Å². The lowest BCUT2D eigenvalue weighted by Crippen LogP contribution is -2.15. The molecular weight excluding hydrogens is 358 g/mol. The Labute approximate surface area is 165 Å². The number of carbonyl (C=O) groups excluding carboxylic acids is 1. The largest absolute Gasteiger partial charge is 0.394 e. The van der Waals surface area contributed by atoms with Gasteiger partial charge in [0.15, 0.2) is 17.0 Å². The highest BCUT2D eigenvalue weighted by Crippen LogP contribution is 2.31. The van der Waals surface area contributed by atoms with E-state index in [9.17, 15) is 9.90 Å². The molecule has 1 aliphatic rings. The zero-order valence-electron chi connectivity index (χ0n) is 16.6. The van der Waals surface area contributed by atoms with E-state index in [1.54, 1.807) is 6.33 Å². The lowest BCUT2D eigenvalue weighted by atomic mass is 10.1. The fourth-order valence-corrected chi connectivity index (χ4v) is 3.62. The van der Waals surface area contributed by atoms with E-state index in [1.165, 1.54) is 38.4 Å². The van der Waals surface area contributed by atoms with E-state index in [4.69, 9.17) is 4.74 Å². The lowest BCUT2D eigenvalue weighted by Gasteiger charge is -2.13. The normalized spacial score (nSPS) is 19.4. The van der Waals surface area contributed by atoms with Gasteiger partial charge in [0.05, 0.1) is 19.0 Å². The van der Waals surface area contributed by atoms with Gasteiger partial charge < -0.3 is 15.2 Å². The molecule has 3 heterocycles. The minimum atomic E-state index is -0.201. The number of fused-ring (bicyclic) bond motifs is 1. The van der Waals surface area contributed by atoms with Gasteiger partial charge in [-0.2, -0.15) is 0 Å². The number of nitrogens with zero attached hydrogens (tertiary/aromatic N) is 4. The van der Waals surface area contributed by atoms with Crippen LogP contribution in [0.2, 0.25) is 0 Å². The van der Waals surface area contributed by atoms with Crippen LogP contribution in [-0.4, -0.2) is 43.2 Å². The molecule has 2 N–H and O–H groups in total. The van der Waals surface area contributed by atoms with Gasteiger partial charge in [0.2, 0.25) is 5.91 Å². The molecule has 154 valence electrons. The Balaban J connectivity index is 1.53. The number of aromatic nitrogens is 4. The number of ether oxygens (including phenoxy) is 1. The summed E-state index contributed by atoms with van der Waals surface area (Å²) in [6, 6.07) is 0. The van der Waals surface area contributed by atoms with E-state index in [2.05, 4.69) is 27.2 Å². The summed E-state index contributed by atoms with van der Waals surface area (Å²) in [5.74, 6) is 0.397. The van der Waals surface area contributed by atoms with E-state index in [-0.39, 0.29) is 24.8 Å². The van der Waals surface area contributed by atoms with E-state index in [0.717, 1.165) is 25.7 Å². The predicted octanol–water partition coefficient (Wildman–Crippen LogP) is 3.58. The van der Waals surface area contributed by atoms with Crippen molar-refractivity contribution in [1.82, 2.24) is 19.5 Å². The quantitative estimate of drug-likeness (QED) is 0.570. The van der Waals surface area contributed by atoms with E-state index in [0.29, 0.717) is 23.4 Å². The molecule has 8 nitrogen and oxygen atoms in total. The van der Waals surface area contributed by atoms with Crippen molar-refractivity contribution in [3.8, 4) is 0 Å². The summed E-state index contributed by atoms with van der Waals surface area (Å²) in [7, 11) is 0. The molecule has 0 saturated carbocycles. The van der Waals surface area contributed by atoms with Crippen LogP contribution < -0.4 is 5.32 Å². The molecule has 1 aliphatic heterocycles. The number of hydrogen-bond donors (Lipinski definition) is 2.